The number of anilines is 1. The van der Waals surface area contributed by atoms with Crippen LogP contribution in [0, 0.1) is 0 Å². The molecule has 1 aromatic carbocycles. The van der Waals surface area contributed by atoms with Crippen LogP contribution in [-0.2, 0) is 6.42 Å². The van der Waals surface area contributed by atoms with E-state index in [1.165, 1.54) is 11.3 Å². The molecule has 0 saturated carbocycles. The Morgan fingerprint density at radius 2 is 2.04 bits per heavy atom. The molecule has 128 valence electrons. The lowest BCUT2D eigenvalue weighted by atomic mass is 10.2. The molecular formula is C19H19ClN4O. The summed E-state index contributed by atoms with van der Waals surface area (Å²) in [6.45, 7) is 2.58. The van der Waals surface area contributed by atoms with Crippen molar-refractivity contribution in [1.82, 2.24) is 14.7 Å². The van der Waals surface area contributed by atoms with Crippen LogP contribution >= 0.6 is 11.6 Å². The van der Waals surface area contributed by atoms with Crippen LogP contribution in [0.4, 0.5) is 5.69 Å². The summed E-state index contributed by atoms with van der Waals surface area (Å²) in [6, 6.07) is 14.1. The standard InChI is InChI=1S/C19H19ClN4O/c20-18-17(24-12-4-3-8-16(24)22-18)19(25)21-10-5-11-23-13-9-14-6-1-2-7-15(14)23/h1-4,6-8,12H,5,9-11,13H2,(H,21,25). The SMILES string of the molecule is O=C(NCCCN1CCc2ccccc21)c1c(Cl)nc2ccccn12. The minimum Gasteiger partial charge on any atom is -0.371 e. The number of benzene rings is 1. The molecule has 0 bridgehead atoms. The van der Waals surface area contributed by atoms with Gasteiger partial charge >= 0.3 is 0 Å². The molecule has 1 aliphatic heterocycles. The molecule has 25 heavy (non-hydrogen) atoms. The van der Waals surface area contributed by atoms with Crippen molar-refractivity contribution >= 4 is 28.8 Å². The Hall–Kier alpha value is -2.53. The normalized spacial score (nSPS) is 13.2. The average Bonchev–Trinajstić information content (AvgIpc) is 3.18. The largest absolute Gasteiger partial charge is 0.371 e. The molecule has 1 aliphatic rings. The summed E-state index contributed by atoms with van der Waals surface area (Å²) in [5.41, 5.74) is 3.79. The third-order valence-corrected chi connectivity index (χ3v) is 4.84. The van der Waals surface area contributed by atoms with E-state index in [1.54, 1.807) is 10.6 Å². The molecular weight excluding hydrogens is 336 g/mol. The van der Waals surface area contributed by atoms with E-state index in [0.717, 1.165) is 25.9 Å². The van der Waals surface area contributed by atoms with Crippen LogP contribution in [0.15, 0.2) is 48.7 Å². The predicted molar refractivity (Wildman–Crippen MR) is 99.5 cm³/mol. The van der Waals surface area contributed by atoms with Crippen LogP contribution in [0.2, 0.25) is 5.15 Å². The Labute approximate surface area is 151 Å². The average molecular weight is 355 g/mol. The highest BCUT2D eigenvalue weighted by atomic mass is 35.5. The first-order valence-electron chi connectivity index (χ1n) is 8.47. The summed E-state index contributed by atoms with van der Waals surface area (Å²) in [7, 11) is 0. The Balaban J connectivity index is 1.35. The molecule has 3 aromatic rings. The quantitative estimate of drug-likeness (QED) is 0.716. The molecule has 3 heterocycles. The maximum Gasteiger partial charge on any atom is 0.271 e. The van der Waals surface area contributed by atoms with Gasteiger partial charge in [0, 0.05) is 31.5 Å². The van der Waals surface area contributed by atoms with Crippen molar-refractivity contribution in [3.63, 3.8) is 0 Å². The first-order valence-corrected chi connectivity index (χ1v) is 8.85. The fourth-order valence-electron chi connectivity index (χ4n) is 3.36. The number of aromatic nitrogens is 2. The zero-order valence-corrected chi connectivity index (χ0v) is 14.5. The van der Waals surface area contributed by atoms with Gasteiger partial charge in [0.25, 0.3) is 5.91 Å². The summed E-state index contributed by atoms with van der Waals surface area (Å²) < 4.78 is 1.72. The molecule has 0 unspecified atom stereocenters. The highest BCUT2D eigenvalue weighted by Gasteiger charge is 2.19. The van der Waals surface area contributed by atoms with Crippen LogP contribution < -0.4 is 10.2 Å². The number of hydrogen-bond acceptors (Lipinski definition) is 3. The van der Waals surface area contributed by atoms with Crippen molar-refractivity contribution in [3.05, 3.63) is 65.1 Å². The monoisotopic (exact) mass is 354 g/mol. The number of fused-ring (bicyclic) bond motifs is 2. The van der Waals surface area contributed by atoms with Crippen molar-refractivity contribution in [1.29, 1.82) is 0 Å². The van der Waals surface area contributed by atoms with E-state index < -0.39 is 0 Å². The Morgan fingerprint density at radius 3 is 2.96 bits per heavy atom. The number of nitrogens with one attached hydrogen (secondary N) is 1. The fraction of sp³-hybridized carbons (Fsp3) is 0.263. The second-order valence-corrected chi connectivity index (χ2v) is 6.51. The number of para-hydroxylation sites is 1. The molecule has 6 heteroatoms. The number of amides is 1. The van der Waals surface area contributed by atoms with Gasteiger partial charge in [-0.25, -0.2) is 4.98 Å². The lowest BCUT2D eigenvalue weighted by Gasteiger charge is -2.19. The lowest BCUT2D eigenvalue weighted by Crippen LogP contribution is -2.30. The summed E-state index contributed by atoms with van der Waals surface area (Å²) in [5.74, 6) is -0.189. The Bertz CT molecular complexity index is 921. The van der Waals surface area contributed by atoms with Crippen LogP contribution in [0.1, 0.15) is 22.5 Å². The zero-order chi connectivity index (χ0) is 17.2. The minimum atomic E-state index is -0.189. The van der Waals surface area contributed by atoms with E-state index in [4.69, 9.17) is 11.6 Å². The minimum absolute atomic E-state index is 0.189. The fourth-order valence-corrected chi connectivity index (χ4v) is 3.63. The molecule has 4 rings (SSSR count). The number of nitrogens with zero attached hydrogens (tertiary/aromatic N) is 3. The summed E-state index contributed by atoms with van der Waals surface area (Å²) in [4.78, 5) is 19.1. The Morgan fingerprint density at radius 1 is 1.20 bits per heavy atom. The van der Waals surface area contributed by atoms with Crippen molar-refractivity contribution in [2.24, 2.45) is 0 Å². The molecule has 0 atom stereocenters. The second kappa shape index (κ2) is 6.76. The van der Waals surface area contributed by atoms with Gasteiger partial charge in [-0.15, -0.1) is 0 Å². The summed E-state index contributed by atoms with van der Waals surface area (Å²) >= 11 is 6.13. The topological polar surface area (TPSA) is 49.6 Å². The maximum atomic E-state index is 12.5. The zero-order valence-electron chi connectivity index (χ0n) is 13.8. The van der Waals surface area contributed by atoms with E-state index in [0.29, 0.717) is 17.9 Å². The summed E-state index contributed by atoms with van der Waals surface area (Å²) in [5, 5.41) is 3.19. The number of imidazole rings is 1. The number of carbonyl (C=O) groups excluding carboxylic acids is 1. The Kier molecular flexibility index (Phi) is 4.32. The van der Waals surface area contributed by atoms with Crippen LogP contribution in [-0.4, -0.2) is 34.9 Å². The van der Waals surface area contributed by atoms with Crippen molar-refractivity contribution in [3.8, 4) is 0 Å². The van der Waals surface area contributed by atoms with Crippen molar-refractivity contribution < 1.29 is 4.79 Å². The van der Waals surface area contributed by atoms with Gasteiger partial charge < -0.3 is 10.2 Å². The van der Waals surface area contributed by atoms with E-state index in [2.05, 4.69) is 39.5 Å². The van der Waals surface area contributed by atoms with Gasteiger partial charge in [-0.05, 0) is 36.6 Å². The number of pyridine rings is 1. The first-order chi connectivity index (χ1) is 12.2. The highest BCUT2D eigenvalue weighted by molar-refractivity contribution is 6.32. The molecule has 2 aromatic heterocycles. The molecule has 0 fully saturated rings. The predicted octanol–water partition coefficient (Wildman–Crippen LogP) is 3.17. The third kappa shape index (κ3) is 3.07. The van der Waals surface area contributed by atoms with Gasteiger partial charge in [-0.3, -0.25) is 9.20 Å². The summed E-state index contributed by atoms with van der Waals surface area (Å²) in [6.07, 6.45) is 3.78. The highest BCUT2D eigenvalue weighted by Crippen LogP contribution is 2.27. The van der Waals surface area contributed by atoms with Crippen LogP contribution in [0.5, 0.6) is 0 Å². The maximum absolute atomic E-state index is 12.5. The van der Waals surface area contributed by atoms with E-state index in [1.807, 2.05) is 18.2 Å². The van der Waals surface area contributed by atoms with Gasteiger partial charge in [0.15, 0.2) is 10.8 Å². The number of rotatable bonds is 5. The number of hydrogen-bond donors (Lipinski definition) is 1. The van der Waals surface area contributed by atoms with Crippen LogP contribution in [0.3, 0.4) is 0 Å². The molecule has 0 aliphatic carbocycles. The van der Waals surface area contributed by atoms with E-state index in [9.17, 15) is 4.79 Å². The van der Waals surface area contributed by atoms with Crippen LogP contribution in [0.25, 0.3) is 5.65 Å². The molecule has 0 radical (unpaired) electrons. The molecule has 0 saturated heterocycles. The van der Waals surface area contributed by atoms with Gasteiger partial charge in [-0.1, -0.05) is 35.9 Å². The van der Waals surface area contributed by atoms with Gasteiger partial charge in [0.2, 0.25) is 0 Å². The molecule has 1 amide bonds. The van der Waals surface area contributed by atoms with Gasteiger partial charge in [0.05, 0.1) is 0 Å². The van der Waals surface area contributed by atoms with E-state index >= 15 is 0 Å². The number of carbonyl (C=O) groups is 1. The van der Waals surface area contributed by atoms with E-state index in [-0.39, 0.29) is 11.1 Å². The van der Waals surface area contributed by atoms with Crippen molar-refractivity contribution in [2.75, 3.05) is 24.5 Å². The first kappa shape index (κ1) is 16.0. The number of halogens is 1. The third-order valence-electron chi connectivity index (χ3n) is 4.58. The molecule has 1 N–H and O–H groups in total. The smallest absolute Gasteiger partial charge is 0.271 e. The van der Waals surface area contributed by atoms with Gasteiger partial charge in [0.1, 0.15) is 5.65 Å². The lowest BCUT2D eigenvalue weighted by molar-refractivity contribution is 0.0947. The second-order valence-electron chi connectivity index (χ2n) is 6.16. The molecule has 0 spiro atoms. The van der Waals surface area contributed by atoms with Crippen molar-refractivity contribution in [2.45, 2.75) is 12.8 Å². The molecule has 5 nitrogen and oxygen atoms in total. The van der Waals surface area contributed by atoms with Gasteiger partial charge in [-0.2, -0.15) is 0 Å².